The zero-order valence-corrected chi connectivity index (χ0v) is 12.9. The van der Waals surface area contributed by atoms with Crippen LogP contribution in [0.3, 0.4) is 0 Å². The van der Waals surface area contributed by atoms with Gasteiger partial charge in [-0.2, -0.15) is 5.26 Å². The second-order valence-corrected chi connectivity index (χ2v) is 6.09. The van der Waals surface area contributed by atoms with Crippen LogP contribution in [0.4, 0.5) is 0 Å². The van der Waals surface area contributed by atoms with Crippen molar-refractivity contribution in [3.8, 4) is 11.8 Å². The lowest BCUT2D eigenvalue weighted by molar-refractivity contribution is 0.0754. The van der Waals surface area contributed by atoms with E-state index in [2.05, 4.69) is 37.9 Å². The Balaban J connectivity index is 2.52. The Labute approximate surface area is 122 Å². The van der Waals surface area contributed by atoms with Gasteiger partial charge < -0.3 is 9.64 Å². The highest BCUT2D eigenvalue weighted by Crippen LogP contribution is 2.47. The Bertz CT molecular complexity index is 508. The van der Waals surface area contributed by atoms with Crippen molar-refractivity contribution >= 4 is 0 Å². The second kappa shape index (κ2) is 5.85. The summed E-state index contributed by atoms with van der Waals surface area (Å²) in [6.07, 6.45) is 1.55. The molecule has 0 aromatic heterocycles. The number of benzene rings is 1. The molecule has 0 saturated carbocycles. The average Bonchev–Trinajstić information content (AvgIpc) is 2.45. The molecule has 0 aliphatic carbocycles. The van der Waals surface area contributed by atoms with Crippen LogP contribution in [0.25, 0.3) is 0 Å². The Hall–Kier alpha value is -1.53. The number of ether oxygens (including phenoxy) is 1. The summed E-state index contributed by atoms with van der Waals surface area (Å²) in [4.78, 5) is 2.38. The van der Waals surface area contributed by atoms with E-state index in [4.69, 9.17) is 4.74 Å². The molecule has 0 bridgehead atoms. The van der Waals surface area contributed by atoms with Crippen molar-refractivity contribution in [3.05, 3.63) is 29.8 Å². The Morgan fingerprint density at radius 3 is 2.75 bits per heavy atom. The minimum atomic E-state index is -0.104. The first-order valence-electron chi connectivity index (χ1n) is 7.26. The van der Waals surface area contributed by atoms with Crippen molar-refractivity contribution in [2.45, 2.75) is 38.1 Å². The molecule has 108 valence electrons. The first-order valence-corrected chi connectivity index (χ1v) is 7.26. The highest BCUT2D eigenvalue weighted by Gasteiger charge is 2.45. The SMILES string of the molecule is COc1ccccc1[C@]1(CC#N)C[C@@H](C)N(C)C[C@H]1C. The van der Waals surface area contributed by atoms with Gasteiger partial charge in [-0.15, -0.1) is 0 Å². The molecule has 1 aromatic carbocycles. The summed E-state index contributed by atoms with van der Waals surface area (Å²) in [6.45, 7) is 5.51. The third-order valence-electron chi connectivity index (χ3n) is 4.96. The van der Waals surface area contributed by atoms with E-state index < -0.39 is 0 Å². The molecule has 1 saturated heterocycles. The molecule has 1 heterocycles. The predicted molar refractivity (Wildman–Crippen MR) is 80.8 cm³/mol. The topological polar surface area (TPSA) is 36.3 Å². The van der Waals surface area contributed by atoms with E-state index in [9.17, 15) is 5.26 Å². The predicted octanol–water partition coefficient (Wildman–Crippen LogP) is 3.21. The van der Waals surface area contributed by atoms with E-state index >= 15 is 0 Å². The highest BCUT2D eigenvalue weighted by atomic mass is 16.5. The summed E-state index contributed by atoms with van der Waals surface area (Å²) in [5.41, 5.74) is 1.09. The van der Waals surface area contributed by atoms with Crippen molar-refractivity contribution < 1.29 is 4.74 Å². The molecule has 1 aliphatic rings. The molecule has 1 fully saturated rings. The number of nitriles is 1. The van der Waals surface area contributed by atoms with Gasteiger partial charge in [-0.1, -0.05) is 25.1 Å². The van der Waals surface area contributed by atoms with Gasteiger partial charge in [0.2, 0.25) is 0 Å². The molecule has 1 aromatic rings. The third-order valence-corrected chi connectivity index (χ3v) is 4.96. The van der Waals surface area contributed by atoms with E-state index in [1.165, 1.54) is 5.56 Å². The Morgan fingerprint density at radius 1 is 1.40 bits per heavy atom. The minimum absolute atomic E-state index is 0.104. The third kappa shape index (κ3) is 2.41. The zero-order valence-electron chi connectivity index (χ0n) is 12.9. The summed E-state index contributed by atoms with van der Waals surface area (Å²) in [7, 11) is 3.88. The van der Waals surface area contributed by atoms with Crippen LogP contribution >= 0.6 is 0 Å². The van der Waals surface area contributed by atoms with E-state index in [-0.39, 0.29) is 5.41 Å². The standard InChI is InChI=1S/C17H24N2O/c1-13-12-19(3)14(2)11-17(13,9-10-18)15-7-5-6-8-16(15)20-4/h5-8,13-14H,9,11-12H2,1-4H3/t13-,14-,17-/m1/s1. The smallest absolute Gasteiger partial charge is 0.122 e. The van der Waals surface area contributed by atoms with Gasteiger partial charge in [0.05, 0.1) is 13.2 Å². The van der Waals surface area contributed by atoms with Gasteiger partial charge in [0, 0.05) is 30.0 Å². The van der Waals surface area contributed by atoms with Crippen LogP contribution in [-0.4, -0.2) is 31.6 Å². The molecule has 3 nitrogen and oxygen atoms in total. The van der Waals surface area contributed by atoms with Gasteiger partial charge in [0.25, 0.3) is 0 Å². The molecular formula is C17H24N2O. The molecule has 0 radical (unpaired) electrons. The maximum atomic E-state index is 9.37. The van der Waals surface area contributed by atoms with Crippen molar-refractivity contribution in [2.75, 3.05) is 20.7 Å². The summed E-state index contributed by atoms with van der Waals surface area (Å²) in [5.74, 6) is 1.34. The molecule has 3 heteroatoms. The number of likely N-dealkylation sites (tertiary alicyclic amines) is 1. The van der Waals surface area contributed by atoms with Crippen LogP contribution in [0, 0.1) is 17.2 Å². The number of piperidine rings is 1. The van der Waals surface area contributed by atoms with Gasteiger partial charge in [-0.3, -0.25) is 0 Å². The van der Waals surface area contributed by atoms with E-state index in [1.54, 1.807) is 7.11 Å². The van der Waals surface area contributed by atoms with Crippen LogP contribution in [0.15, 0.2) is 24.3 Å². The number of hydrogen-bond acceptors (Lipinski definition) is 3. The Morgan fingerprint density at radius 2 is 2.10 bits per heavy atom. The first kappa shape index (κ1) is 14.9. The van der Waals surface area contributed by atoms with Crippen LogP contribution < -0.4 is 4.74 Å². The van der Waals surface area contributed by atoms with Gasteiger partial charge in [-0.25, -0.2) is 0 Å². The second-order valence-electron chi connectivity index (χ2n) is 6.09. The normalized spacial score (nSPS) is 30.8. The lowest BCUT2D eigenvalue weighted by Gasteiger charge is -2.48. The number of para-hydroxylation sites is 1. The number of rotatable bonds is 3. The zero-order chi connectivity index (χ0) is 14.8. The van der Waals surface area contributed by atoms with Crippen LogP contribution in [0.1, 0.15) is 32.3 Å². The molecule has 20 heavy (non-hydrogen) atoms. The van der Waals surface area contributed by atoms with Gasteiger partial charge >= 0.3 is 0 Å². The summed E-state index contributed by atoms with van der Waals surface area (Å²) in [6, 6.07) is 11.1. The maximum absolute atomic E-state index is 9.37. The van der Waals surface area contributed by atoms with Gasteiger partial charge in [-0.05, 0) is 32.4 Å². The molecule has 0 unspecified atom stereocenters. The number of nitrogens with zero attached hydrogens (tertiary/aromatic N) is 2. The van der Waals surface area contributed by atoms with Gasteiger partial charge in [0.15, 0.2) is 0 Å². The fourth-order valence-electron chi connectivity index (χ4n) is 3.58. The summed E-state index contributed by atoms with van der Waals surface area (Å²) in [5, 5.41) is 9.37. The molecule has 3 atom stereocenters. The molecule has 0 N–H and O–H groups in total. The van der Waals surface area contributed by atoms with Crippen molar-refractivity contribution in [2.24, 2.45) is 5.92 Å². The fourth-order valence-corrected chi connectivity index (χ4v) is 3.58. The van der Waals surface area contributed by atoms with Crippen LogP contribution in [-0.2, 0) is 5.41 Å². The fraction of sp³-hybridized carbons (Fsp3) is 0.588. The van der Waals surface area contributed by atoms with E-state index in [0.29, 0.717) is 18.4 Å². The minimum Gasteiger partial charge on any atom is -0.496 e. The van der Waals surface area contributed by atoms with Crippen LogP contribution in [0.2, 0.25) is 0 Å². The monoisotopic (exact) mass is 272 g/mol. The Kier molecular flexibility index (Phi) is 4.35. The highest BCUT2D eigenvalue weighted by molar-refractivity contribution is 5.41. The van der Waals surface area contributed by atoms with E-state index in [0.717, 1.165) is 18.7 Å². The number of methoxy groups -OCH3 is 1. The average molecular weight is 272 g/mol. The maximum Gasteiger partial charge on any atom is 0.122 e. The summed E-state index contributed by atoms with van der Waals surface area (Å²) >= 11 is 0. The molecule has 2 rings (SSSR count). The molecule has 1 aliphatic heterocycles. The number of hydrogen-bond donors (Lipinski definition) is 0. The van der Waals surface area contributed by atoms with Crippen molar-refractivity contribution in [3.63, 3.8) is 0 Å². The lowest BCUT2D eigenvalue weighted by Crippen LogP contribution is -2.51. The van der Waals surface area contributed by atoms with Gasteiger partial charge in [0.1, 0.15) is 5.75 Å². The molecular weight excluding hydrogens is 248 g/mol. The van der Waals surface area contributed by atoms with Crippen molar-refractivity contribution in [1.82, 2.24) is 4.90 Å². The largest absolute Gasteiger partial charge is 0.496 e. The first-order chi connectivity index (χ1) is 9.55. The van der Waals surface area contributed by atoms with Crippen molar-refractivity contribution in [1.29, 1.82) is 5.26 Å². The molecule has 0 spiro atoms. The lowest BCUT2D eigenvalue weighted by atomic mass is 9.63. The van der Waals surface area contributed by atoms with E-state index in [1.807, 2.05) is 18.2 Å². The summed E-state index contributed by atoms with van der Waals surface area (Å²) < 4.78 is 5.56. The van der Waals surface area contributed by atoms with Crippen LogP contribution in [0.5, 0.6) is 5.75 Å². The molecule has 0 amide bonds. The quantitative estimate of drug-likeness (QED) is 0.847.